The van der Waals surface area contributed by atoms with E-state index in [1.807, 2.05) is 18.2 Å². The maximum atomic E-state index is 6.23. The summed E-state index contributed by atoms with van der Waals surface area (Å²) in [6, 6.07) is 10.0. The quantitative estimate of drug-likeness (QED) is 0.829. The Balaban J connectivity index is 1.96. The summed E-state index contributed by atoms with van der Waals surface area (Å²) in [5.74, 6) is 0.880. The number of benzene rings is 1. The van der Waals surface area contributed by atoms with Crippen LogP contribution in [0.4, 0.5) is 0 Å². The Morgan fingerprint density at radius 2 is 2.16 bits per heavy atom. The smallest absolute Gasteiger partial charge is 0.125 e. The minimum Gasteiger partial charge on any atom is -0.493 e. The highest BCUT2D eigenvalue weighted by atomic mass is 35.5. The van der Waals surface area contributed by atoms with Crippen molar-refractivity contribution in [2.24, 2.45) is 0 Å². The monoisotopic (exact) mass is 295 g/mol. The van der Waals surface area contributed by atoms with Crippen molar-refractivity contribution in [1.29, 1.82) is 0 Å². The average Bonchev–Trinajstić information content (AvgIpc) is 2.91. The predicted molar refractivity (Wildman–Crippen MR) is 82.4 cm³/mol. The second kappa shape index (κ2) is 7.53. The van der Waals surface area contributed by atoms with Crippen molar-refractivity contribution < 1.29 is 4.74 Å². The van der Waals surface area contributed by atoms with Gasteiger partial charge in [0.25, 0.3) is 0 Å². The zero-order valence-corrected chi connectivity index (χ0v) is 12.6. The molecule has 0 bridgehead atoms. The van der Waals surface area contributed by atoms with Gasteiger partial charge in [-0.2, -0.15) is 0 Å². The highest BCUT2D eigenvalue weighted by molar-refractivity contribution is 7.09. The zero-order chi connectivity index (χ0) is 13.5. The fourth-order valence-electron chi connectivity index (χ4n) is 1.81. The third kappa shape index (κ3) is 4.23. The molecule has 4 heteroatoms. The molecule has 102 valence electrons. The van der Waals surface area contributed by atoms with Crippen LogP contribution in [0.5, 0.6) is 5.75 Å². The standard InChI is InChI=1S/C15H18ClNOS/c1-2-17-11-13-14(16)6-3-7-15(13)18-9-8-12-5-4-10-19-12/h3-7,10,17H,2,8-9,11H2,1H3. The Labute approximate surface area is 123 Å². The fraction of sp³-hybridized carbons (Fsp3) is 0.333. The summed E-state index contributed by atoms with van der Waals surface area (Å²) >= 11 is 7.99. The zero-order valence-electron chi connectivity index (χ0n) is 11.0. The Morgan fingerprint density at radius 1 is 1.26 bits per heavy atom. The van der Waals surface area contributed by atoms with Crippen LogP contribution in [-0.2, 0) is 13.0 Å². The van der Waals surface area contributed by atoms with Crippen LogP contribution in [0.25, 0.3) is 0 Å². The molecule has 0 aliphatic rings. The van der Waals surface area contributed by atoms with E-state index in [0.29, 0.717) is 6.61 Å². The molecule has 0 unspecified atom stereocenters. The van der Waals surface area contributed by atoms with Crippen LogP contribution in [0.2, 0.25) is 5.02 Å². The summed E-state index contributed by atoms with van der Waals surface area (Å²) in [6.07, 6.45) is 0.935. The van der Waals surface area contributed by atoms with Crippen LogP contribution < -0.4 is 10.1 Å². The molecule has 0 aliphatic heterocycles. The van der Waals surface area contributed by atoms with Crippen LogP contribution in [0.15, 0.2) is 35.7 Å². The molecule has 2 rings (SSSR count). The van der Waals surface area contributed by atoms with Gasteiger partial charge in [-0.15, -0.1) is 11.3 Å². The number of halogens is 1. The molecule has 1 N–H and O–H groups in total. The maximum Gasteiger partial charge on any atom is 0.125 e. The summed E-state index contributed by atoms with van der Waals surface area (Å²) < 4.78 is 5.87. The van der Waals surface area contributed by atoms with Crippen molar-refractivity contribution in [2.75, 3.05) is 13.2 Å². The molecule has 0 aliphatic carbocycles. The normalized spacial score (nSPS) is 10.6. The fourth-order valence-corrected chi connectivity index (χ4v) is 2.73. The summed E-state index contributed by atoms with van der Waals surface area (Å²) in [5.41, 5.74) is 1.04. The molecule has 19 heavy (non-hydrogen) atoms. The SMILES string of the molecule is CCNCc1c(Cl)cccc1OCCc1cccs1. The average molecular weight is 296 g/mol. The summed E-state index contributed by atoms with van der Waals surface area (Å²) in [4.78, 5) is 1.34. The van der Waals surface area contributed by atoms with Gasteiger partial charge in [0.05, 0.1) is 6.61 Å². The van der Waals surface area contributed by atoms with E-state index in [0.717, 1.165) is 35.8 Å². The minimum atomic E-state index is 0.681. The van der Waals surface area contributed by atoms with Gasteiger partial charge in [0.15, 0.2) is 0 Å². The molecule has 0 radical (unpaired) electrons. The Kier molecular flexibility index (Phi) is 5.70. The first kappa shape index (κ1) is 14.4. The van der Waals surface area contributed by atoms with Crippen molar-refractivity contribution in [3.8, 4) is 5.75 Å². The molecular weight excluding hydrogens is 278 g/mol. The third-order valence-electron chi connectivity index (χ3n) is 2.81. The Morgan fingerprint density at radius 3 is 2.89 bits per heavy atom. The highest BCUT2D eigenvalue weighted by Gasteiger charge is 2.07. The first-order chi connectivity index (χ1) is 9.31. The molecular formula is C15H18ClNOS. The molecule has 2 nitrogen and oxygen atoms in total. The molecule has 1 aromatic heterocycles. The number of nitrogens with one attached hydrogen (secondary N) is 1. The lowest BCUT2D eigenvalue weighted by Crippen LogP contribution is -2.13. The third-order valence-corrected chi connectivity index (χ3v) is 4.10. The van der Waals surface area contributed by atoms with Gasteiger partial charge in [-0.1, -0.05) is 30.7 Å². The molecule has 0 amide bonds. The van der Waals surface area contributed by atoms with Crippen LogP contribution >= 0.6 is 22.9 Å². The van der Waals surface area contributed by atoms with Crippen LogP contribution in [0.3, 0.4) is 0 Å². The van der Waals surface area contributed by atoms with Crippen molar-refractivity contribution >= 4 is 22.9 Å². The Hall–Kier alpha value is -1.03. The molecule has 0 fully saturated rings. The van der Waals surface area contributed by atoms with Gasteiger partial charge in [0, 0.05) is 28.4 Å². The lowest BCUT2D eigenvalue weighted by atomic mass is 10.2. The molecule has 0 saturated heterocycles. The van der Waals surface area contributed by atoms with Gasteiger partial charge in [-0.05, 0) is 30.1 Å². The Bertz CT molecular complexity index is 499. The predicted octanol–water partition coefficient (Wildman–Crippen LogP) is 4.13. The molecule has 0 spiro atoms. The molecule has 0 atom stereocenters. The van der Waals surface area contributed by atoms with Gasteiger partial charge in [0.2, 0.25) is 0 Å². The van der Waals surface area contributed by atoms with Gasteiger partial charge < -0.3 is 10.1 Å². The number of ether oxygens (including phenoxy) is 1. The van der Waals surface area contributed by atoms with E-state index in [1.165, 1.54) is 4.88 Å². The van der Waals surface area contributed by atoms with E-state index in [-0.39, 0.29) is 0 Å². The van der Waals surface area contributed by atoms with Crippen molar-refractivity contribution in [3.63, 3.8) is 0 Å². The summed E-state index contributed by atoms with van der Waals surface area (Å²) in [5, 5.41) is 6.13. The van der Waals surface area contributed by atoms with Crippen LogP contribution in [-0.4, -0.2) is 13.2 Å². The maximum absolute atomic E-state index is 6.23. The van der Waals surface area contributed by atoms with Gasteiger partial charge in [-0.3, -0.25) is 0 Å². The topological polar surface area (TPSA) is 21.3 Å². The van der Waals surface area contributed by atoms with E-state index in [1.54, 1.807) is 11.3 Å². The second-order valence-electron chi connectivity index (χ2n) is 4.17. The number of rotatable bonds is 7. The largest absolute Gasteiger partial charge is 0.493 e. The number of hydrogen-bond donors (Lipinski definition) is 1. The van der Waals surface area contributed by atoms with Crippen LogP contribution in [0.1, 0.15) is 17.4 Å². The van der Waals surface area contributed by atoms with Crippen molar-refractivity contribution in [2.45, 2.75) is 19.9 Å². The first-order valence-electron chi connectivity index (χ1n) is 6.44. The van der Waals surface area contributed by atoms with Crippen molar-refractivity contribution in [1.82, 2.24) is 5.32 Å². The summed E-state index contributed by atoms with van der Waals surface area (Å²) in [6.45, 7) is 4.42. The molecule has 2 aromatic rings. The molecule has 1 heterocycles. The highest BCUT2D eigenvalue weighted by Crippen LogP contribution is 2.26. The van der Waals surface area contributed by atoms with Gasteiger partial charge >= 0.3 is 0 Å². The lowest BCUT2D eigenvalue weighted by molar-refractivity contribution is 0.319. The first-order valence-corrected chi connectivity index (χ1v) is 7.70. The van der Waals surface area contributed by atoms with E-state index < -0.39 is 0 Å². The van der Waals surface area contributed by atoms with E-state index >= 15 is 0 Å². The van der Waals surface area contributed by atoms with Crippen molar-refractivity contribution in [3.05, 3.63) is 51.2 Å². The minimum absolute atomic E-state index is 0.681. The van der Waals surface area contributed by atoms with E-state index in [9.17, 15) is 0 Å². The summed E-state index contributed by atoms with van der Waals surface area (Å²) in [7, 11) is 0. The van der Waals surface area contributed by atoms with Gasteiger partial charge in [0.1, 0.15) is 5.75 Å². The molecule has 0 saturated carbocycles. The van der Waals surface area contributed by atoms with Crippen LogP contribution in [0, 0.1) is 0 Å². The van der Waals surface area contributed by atoms with E-state index in [4.69, 9.17) is 16.3 Å². The number of thiophene rings is 1. The van der Waals surface area contributed by atoms with Gasteiger partial charge in [-0.25, -0.2) is 0 Å². The number of hydrogen-bond acceptors (Lipinski definition) is 3. The van der Waals surface area contributed by atoms with E-state index in [2.05, 4.69) is 29.8 Å². The second-order valence-corrected chi connectivity index (χ2v) is 5.61. The lowest BCUT2D eigenvalue weighted by Gasteiger charge is -2.13. The molecule has 1 aromatic carbocycles.